The molecular weight excluding hydrogens is 221 g/mol. The first-order valence-electron chi connectivity index (χ1n) is 5.67. The van der Waals surface area contributed by atoms with E-state index < -0.39 is 0 Å². The van der Waals surface area contributed by atoms with Crippen molar-refractivity contribution in [3.63, 3.8) is 0 Å². The van der Waals surface area contributed by atoms with Crippen LogP contribution in [0.3, 0.4) is 0 Å². The van der Waals surface area contributed by atoms with Gasteiger partial charge in [0.2, 0.25) is 5.91 Å². The van der Waals surface area contributed by atoms with E-state index in [1.807, 2.05) is 13.8 Å². The Balaban J connectivity index is 2.18. The Morgan fingerprint density at radius 3 is 2.88 bits per heavy atom. The van der Waals surface area contributed by atoms with Crippen LogP contribution in [0.4, 0.5) is 4.39 Å². The highest BCUT2D eigenvalue weighted by Crippen LogP contribution is 1.99. The van der Waals surface area contributed by atoms with Gasteiger partial charge in [-0.15, -0.1) is 0 Å². The molecule has 0 unspecified atom stereocenters. The summed E-state index contributed by atoms with van der Waals surface area (Å²) in [6.07, 6.45) is 3.19. The normalized spacial score (nSPS) is 10.6. The maximum atomic E-state index is 12.8. The molecule has 0 radical (unpaired) electrons. The molecule has 0 saturated carbocycles. The van der Waals surface area contributed by atoms with Crippen LogP contribution >= 0.6 is 0 Å². The van der Waals surface area contributed by atoms with Crippen molar-refractivity contribution in [2.75, 3.05) is 6.54 Å². The smallest absolute Gasteiger partial charge is 0.221 e. The lowest BCUT2D eigenvalue weighted by molar-refractivity contribution is -0.121. The maximum Gasteiger partial charge on any atom is 0.221 e. The van der Waals surface area contributed by atoms with Crippen molar-refractivity contribution in [2.24, 2.45) is 0 Å². The Hall–Kier alpha value is -1.49. The number of rotatable bonds is 6. The predicted octanol–water partition coefficient (Wildman–Crippen LogP) is 1.22. The number of nitrogens with one attached hydrogen (secondary N) is 2. The predicted molar refractivity (Wildman–Crippen MR) is 63.8 cm³/mol. The van der Waals surface area contributed by atoms with E-state index in [4.69, 9.17) is 0 Å². The van der Waals surface area contributed by atoms with E-state index in [2.05, 4.69) is 15.6 Å². The van der Waals surface area contributed by atoms with Gasteiger partial charge in [-0.25, -0.2) is 4.39 Å². The monoisotopic (exact) mass is 239 g/mol. The van der Waals surface area contributed by atoms with E-state index in [9.17, 15) is 9.18 Å². The van der Waals surface area contributed by atoms with Gasteiger partial charge >= 0.3 is 0 Å². The lowest BCUT2D eigenvalue weighted by Crippen LogP contribution is -2.32. The number of hydrogen-bond donors (Lipinski definition) is 2. The lowest BCUT2D eigenvalue weighted by Gasteiger charge is -2.08. The third-order valence-electron chi connectivity index (χ3n) is 2.07. The van der Waals surface area contributed by atoms with Crippen molar-refractivity contribution < 1.29 is 9.18 Å². The van der Waals surface area contributed by atoms with Crippen molar-refractivity contribution in [1.82, 2.24) is 15.6 Å². The average molecular weight is 239 g/mol. The second-order valence-electron chi connectivity index (χ2n) is 4.16. The zero-order valence-electron chi connectivity index (χ0n) is 10.2. The zero-order valence-corrected chi connectivity index (χ0v) is 10.2. The minimum absolute atomic E-state index is 0.0184. The van der Waals surface area contributed by atoms with E-state index in [0.717, 1.165) is 5.56 Å². The van der Waals surface area contributed by atoms with E-state index in [1.165, 1.54) is 12.3 Å². The van der Waals surface area contributed by atoms with E-state index in [1.54, 1.807) is 6.20 Å². The van der Waals surface area contributed by atoms with Crippen molar-refractivity contribution in [3.8, 4) is 0 Å². The third kappa shape index (κ3) is 5.97. The summed E-state index contributed by atoms with van der Waals surface area (Å²) in [4.78, 5) is 15.0. The quantitative estimate of drug-likeness (QED) is 0.734. The molecule has 1 aromatic rings. The summed E-state index contributed by atoms with van der Waals surface area (Å²) in [5, 5.41) is 5.86. The largest absolute Gasteiger partial charge is 0.354 e. The number of amides is 1. The van der Waals surface area contributed by atoms with E-state index in [0.29, 0.717) is 19.5 Å². The molecule has 1 aromatic heterocycles. The Kier molecular flexibility index (Phi) is 5.56. The van der Waals surface area contributed by atoms with Crippen LogP contribution < -0.4 is 10.6 Å². The molecule has 0 spiro atoms. The first-order chi connectivity index (χ1) is 8.08. The molecular formula is C12H18FN3O. The molecule has 2 N–H and O–H groups in total. The van der Waals surface area contributed by atoms with Gasteiger partial charge in [-0.1, -0.05) is 0 Å². The van der Waals surface area contributed by atoms with Crippen molar-refractivity contribution in [3.05, 3.63) is 29.8 Å². The van der Waals surface area contributed by atoms with Crippen LogP contribution in [0.25, 0.3) is 0 Å². The Bertz CT molecular complexity index is 369. The summed E-state index contributed by atoms with van der Waals surface area (Å²) in [7, 11) is 0. The molecule has 4 nitrogen and oxygen atoms in total. The van der Waals surface area contributed by atoms with Gasteiger partial charge in [-0.3, -0.25) is 9.78 Å². The van der Waals surface area contributed by atoms with Crippen molar-refractivity contribution >= 4 is 5.91 Å². The number of halogens is 1. The third-order valence-corrected chi connectivity index (χ3v) is 2.07. The van der Waals surface area contributed by atoms with E-state index >= 15 is 0 Å². The molecule has 0 aliphatic rings. The molecule has 1 heterocycles. The van der Waals surface area contributed by atoms with Crippen LogP contribution in [-0.4, -0.2) is 23.5 Å². The Labute approximate surface area is 101 Å². The summed E-state index contributed by atoms with van der Waals surface area (Å²) in [5.41, 5.74) is 0.772. The number of hydrogen-bond acceptors (Lipinski definition) is 3. The van der Waals surface area contributed by atoms with Crippen LogP contribution in [0, 0.1) is 5.82 Å². The summed E-state index contributed by atoms with van der Waals surface area (Å²) in [5.74, 6) is -0.327. The fourth-order valence-corrected chi connectivity index (χ4v) is 1.38. The molecule has 0 bridgehead atoms. The fourth-order valence-electron chi connectivity index (χ4n) is 1.38. The van der Waals surface area contributed by atoms with Gasteiger partial charge in [0.1, 0.15) is 5.82 Å². The molecule has 1 rings (SSSR count). The fraction of sp³-hybridized carbons (Fsp3) is 0.500. The molecule has 0 aliphatic carbocycles. The first kappa shape index (κ1) is 13.6. The van der Waals surface area contributed by atoms with Crippen LogP contribution in [-0.2, 0) is 11.3 Å². The maximum absolute atomic E-state index is 12.8. The summed E-state index contributed by atoms with van der Waals surface area (Å²) < 4.78 is 12.8. The van der Waals surface area contributed by atoms with Crippen LogP contribution in [0.1, 0.15) is 25.8 Å². The number of carbonyl (C=O) groups excluding carboxylic acids is 1. The van der Waals surface area contributed by atoms with Crippen LogP contribution in [0.5, 0.6) is 0 Å². The van der Waals surface area contributed by atoms with Gasteiger partial charge in [0.25, 0.3) is 0 Å². The molecule has 0 saturated heterocycles. The van der Waals surface area contributed by atoms with Gasteiger partial charge in [0.15, 0.2) is 0 Å². The highest BCUT2D eigenvalue weighted by molar-refractivity contribution is 5.76. The van der Waals surface area contributed by atoms with Gasteiger partial charge in [0, 0.05) is 31.7 Å². The lowest BCUT2D eigenvalue weighted by atomic mass is 10.2. The average Bonchev–Trinajstić information content (AvgIpc) is 2.23. The highest BCUT2D eigenvalue weighted by atomic mass is 19.1. The van der Waals surface area contributed by atoms with E-state index in [-0.39, 0.29) is 17.8 Å². The number of carbonyl (C=O) groups is 1. The topological polar surface area (TPSA) is 54.0 Å². The van der Waals surface area contributed by atoms with Gasteiger partial charge in [-0.05, 0) is 25.5 Å². The SMILES string of the molecule is CC(C)NC(=O)CCNCc1cncc(F)c1. The standard InChI is InChI=1S/C12H18FN3O/c1-9(2)16-12(17)3-4-14-6-10-5-11(13)8-15-7-10/h5,7-9,14H,3-4,6H2,1-2H3,(H,16,17). The molecule has 1 amide bonds. The minimum Gasteiger partial charge on any atom is -0.354 e. The van der Waals surface area contributed by atoms with Crippen LogP contribution in [0.15, 0.2) is 18.5 Å². The van der Waals surface area contributed by atoms with Gasteiger partial charge < -0.3 is 10.6 Å². The molecule has 0 aromatic carbocycles. The first-order valence-corrected chi connectivity index (χ1v) is 5.67. The second kappa shape index (κ2) is 6.96. The number of pyridine rings is 1. The van der Waals surface area contributed by atoms with Crippen molar-refractivity contribution in [1.29, 1.82) is 0 Å². The summed E-state index contributed by atoms with van der Waals surface area (Å²) >= 11 is 0. The number of aromatic nitrogens is 1. The molecule has 0 aliphatic heterocycles. The van der Waals surface area contributed by atoms with Crippen molar-refractivity contribution in [2.45, 2.75) is 32.9 Å². The Morgan fingerprint density at radius 1 is 1.47 bits per heavy atom. The van der Waals surface area contributed by atoms with Gasteiger partial charge in [-0.2, -0.15) is 0 Å². The molecule has 94 valence electrons. The second-order valence-corrected chi connectivity index (χ2v) is 4.16. The molecule has 5 heteroatoms. The minimum atomic E-state index is -0.346. The summed E-state index contributed by atoms with van der Waals surface area (Å²) in [6, 6.07) is 1.59. The Morgan fingerprint density at radius 2 is 2.24 bits per heavy atom. The van der Waals surface area contributed by atoms with Gasteiger partial charge in [0.05, 0.1) is 6.20 Å². The molecule has 0 atom stereocenters. The van der Waals surface area contributed by atoms with Crippen LogP contribution in [0.2, 0.25) is 0 Å². The molecule has 17 heavy (non-hydrogen) atoms. The zero-order chi connectivity index (χ0) is 12.7. The highest BCUT2D eigenvalue weighted by Gasteiger charge is 2.02. The molecule has 0 fully saturated rings. The summed E-state index contributed by atoms with van der Waals surface area (Å²) in [6.45, 7) is 4.92. The number of nitrogens with zero attached hydrogens (tertiary/aromatic N) is 1.